The van der Waals surface area contributed by atoms with Crippen molar-refractivity contribution in [2.75, 3.05) is 76.1 Å². The number of nitrogens with two attached hydrogens (primary N) is 3. The number of amides is 9. The van der Waals surface area contributed by atoms with Crippen LogP contribution in [0, 0.1) is 23.7 Å². The van der Waals surface area contributed by atoms with Crippen molar-refractivity contribution in [3.05, 3.63) is 88.0 Å². The van der Waals surface area contributed by atoms with Crippen LogP contribution in [0.15, 0.2) is 58.0 Å². The van der Waals surface area contributed by atoms with E-state index < -0.39 is 70.6 Å². The highest BCUT2D eigenvalue weighted by Gasteiger charge is 2.47. The Balaban J connectivity index is 0.000000208. The molecule has 4 aliphatic rings. The molecular formula is C81H99N19O19. The lowest BCUT2D eigenvalue weighted by Gasteiger charge is -2.27. The predicted octanol–water partition coefficient (Wildman–Crippen LogP) is 5.58. The molecule has 0 saturated carbocycles. The quantitative estimate of drug-likeness (QED) is 0.0129. The number of imide groups is 4. The third kappa shape index (κ3) is 22.8. The van der Waals surface area contributed by atoms with E-state index in [1.54, 1.807) is 70.4 Å². The lowest BCUT2D eigenvalue weighted by atomic mass is 9.99. The maximum atomic E-state index is 13.2. The van der Waals surface area contributed by atoms with Gasteiger partial charge in [0, 0.05) is 70.7 Å². The number of aryl methyl sites for hydroxylation is 3. The van der Waals surface area contributed by atoms with Crippen LogP contribution in [0.25, 0.3) is 45.1 Å². The number of ether oxygens (including phenoxy) is 4. The summed E-state index contributed by atoms with van der Waals surface area (Å²) in [5, 5.41) is 54.4. The number of hydrogen-bond acceptors (Lipinski definition) is 30. The average Bonchev–Trinajstić information content (AvgIpc) is 1.63. The number of nitrogen functional groups attached to an aromatic ring is 2. The minimum atomic E-state index is -1.23. The molecular weight excluding hydrogens is 1540 g/mol. The van der Waals surface area contributed by atoms with Gasteiger partial charge in [-0.25, -0.2) is 29.2 Å². The van der Waals surface area contributed by atoms with Gasteiger partial charge in [0.25, 0.3) is 23.6 Å². The Labute approximate surface area is 684 Å². The number of piperidine rings is 2. The molecule has 8 aromatic rings. The number of hydrogen-bond donors (Lipinski definition) is 10. The normalized spacial score (nSPS) is 15.1. The second kappa shape index (κ2) is 41.5. The summed E-state index contributed by atoms with van der Waals surface area (Å²) in [5.74, 6) is 8.56. The summed E-state index contributed by atoms with van der Waals surface area (Å²) in [7, 11) is 0. The Bertz CT molecular complexity index is 5180. The van der Waals surface area contributed by atoms with Crippen molar-refractivity contribution in [3.63, 3.8) is 0 Å². The van der Waals surface area contributed by atoms with E-state index in [0.29, 0.717) is 176 Å². The van der Waals surface area contributed by atoms with Gasteiger partial charge in [0.15, 0.2) is 46.2 Å². The lowest BCUT2D eigenvalue weighted by Crippen LogP contribution is -2.54. The molecule has 0 bridgehead atoms. The first kappa shape index (κ1) is 88.7. The number of anilines is 3. The topological polar surface area (TPSA) is 540 Å². The van der Waals surface area contributed by atoms with E-state index in [1.165, 1.54) is 6.07 Å². The largest absolute Gasteiger partial charge is 0.490 e. The summed E-state index contributed by atoms with van der Waals surface area (Å²) in [6.07, 6.45) is 14.0. The van der Waals surface area contributed by atoms with E-state index in [-0.39, 0.29) is 73.3 Å². The first-order chi connectivity index (χ1) is 57.1. The summed E-state index contributed by atoms with van der Waals surface area (Å²) < 4.78 is 36.6. The molecule has 119 heavy (non-hydrogen) atoms. The first-order valence-electron chi connectivity index (χ1n) is 39.6. The Kier molecular flexibility index (Phi) is 30.9. The number of carboxylic acid groups (broad SMARTS) is 1. The Morgan fingerprint density at radius 3 is 1.53 bits per heavy atom. The van der Waals surface area contributed by atoms with Gasteiger partial charge in [0.05, 0.1) is 67.7 Å². The molecule has 6 aromatic heterocycles. The second-order valence-electron chi connectivity index (χ2n) is 29.3. The van der Waals surface area contributed by atoms with E-state index in [2.05, 4.69) is 80.5 Å². The SMILES string of the molecule is CCn1c(-c2nonc2N)nc2c(C#CC(C)(C)O)ncc(OCCCCCCCC(=O)NCCOCCNc3cccc4c3C(=O)N(C3CCC(=O)NC3=O)C4=O)c21.CCn1c(-c2nonc2N)nc2c(C#CC(C)(C)O)ncc(OCCCCCCCC(=O)O)c21.NCCOCCCc1cccc2c1C(=O)N(C1CCC(=O)NC1=O)C2=O. The Hall–Kier alpha value is -12.6. The average molecular weight is 1640 g/mol. The number of benzene rings is 2. The number of aromatic nitrogens is 10. The fraction of sp³-hybridized carbons (Fsp3) is 0.481. The van der Waals surface area contributed by atoms with Crippen LogP contribution in [0.3, 0.4) is 0 Å². The van der Waals surface area contributed by atoms with Gasteiger partial charge < -0.3 is 71.2 Å². The summed E-state index contributed by atoms with van der Waals surface area (Å²) in [6, 6.07) is 8.02. The highest BCUT2D eigenvalue weighted by atomic mass is 16.6. The third-order valence-corrected chi connectivity index (χ3v) is 19.3. The highest BCUT2D eigenvalue weighted by Crippen LogP contribution is 2.38. The van der Waals surface area contributed by atoms with Crippen molar-refractivity contribution in [1.82, 2.24) is 75.4 Å². The summed E-state index contributed by atoms with van der Waals surface area (Å²) in [6.45, 7) is 14.9. The number of pyridine rings is 2. The number of imidazole rings is 2. The first-order valence-corrected chi connectivity index (χ1v) is 39.6. The van der Waals surface area contributed by atoms with Gasteiger partial charge in [-0.15, -0.1) is 0 Å². The van der Waals surface area contributed by atoms with Gasteiger partial charge >= 0.3 is 5.97 Å². The molecule has 632 valence electrons. The van der Waals surface area contributed by atoms with Gasteiger partial charge in [-0.3, -0.25) is 68.4 Å². The molecule has 0 radical (unpaired) electrons. The minimum Gasteiger partial charge on any atom is -0.490 e. The maximum Gasteiger partial charge on any atom is 0.303 e. The number of nitrogens with zero attached hydrogens (tertiary/aromatic N) is 12. The number of unbranched alkanes of at least 4 members (excludes halogenated alkanes) is 8. The minimum absolute atomic E-state index is 0.0478. The number of aliphatic carboxylic acids is 1. The number of nitrogens with one attached hydrogen (secondary N) is 4. The molecule has 9 amide bonds. The van der Waals surface area contributed by atoms with Crippen LogP contribution < -0.4 is 47.9 Å². The molecule has 10 heterocycles. The number of rotatable bonds is 37. The number of carbonyl (C=O) groups is 10. The number of fused-ring (bicyclic) bond motifs is 4. The molecule has 2 saturated heterocycles. The molecule has 2 aromatic carbocycles. The van der Waals surface area contributed by atoms with Crippen LogP contribution in [0.2, 0.25) is 0 Å². The van der Waals surface area contributed by atoms with Crippen LogP contribution in [-0.4, -0.2) is 217 Å². The van der Waals surface area contributed by atoms with Crippen LogP contribution in [-0.2, 0) is 57.8 Å². The van der Waals surface area contributed by atoms with Crippen molar-refractivity contribution >= 4 is 98.5 Å². The number of aliphatic hydroxyl groups is 2. The zero-order valence-electron chi connectivity index (χ0n) is 67.3. The maximum absolute atomic E-state index is 13.2. The molecule has 0 aliphatic carbocycles. The molecule has 13 N–H and O–H groups in total. The molecule has 0 spiro atoms. The standard InChI is InChI=1S/C40H48N10O9.C23H30N6O5.C18H21N3O5/c1-4-49-34-28(23-44-26(16-17-40(2,3)56)32(34)46-36(49)33-35(41)48-59-47-33)58-20-9-7-5-6-8-13-29(51)43-19-22-57-21-18-42-25-12-10-11-24-31(25)39(55)50(38(24)54)27-14-15-30(52)45-37(27)53;1-4-29-20-16(33-13-9-7-5-6-8-10-17(30)31)14-25-15(11-12-23(2,3)32)18(20)26-22(29)19-21(24)28-34-27-19;19-8-10-26-9-2-4-11-3-1-5-12-15(11)18(25)21(17(12)24)13-6-7-14(22)20-16(13)23/h10-12,23,27,42,56H,4-9,13-15,18-22H2,1-3H3,(H2,41,48)(H,43,51)(H,45,52,53);14,32H,4-10,13H2,1-3H3,(H2,24,28)(H,30,31);1,3,5,13H,2,4,6-10,19H2,(H,20,22,23). The van der Waals surface area contributed by atoms with Crippen molar-refractivity contribution in [1.29, 1.82) is 0 Å². The van der Waals surface area contributed by atoms with E-state index >= 15 is 0 Å². The molecule has 38 heteroatoms. The van der Waals surface area contributed by atoms with Gasteiger partial charge in [-0.1, -0.05) is 68.6 Å². The van der Waals surface area contributed by atoms with E-state index in [0.717, 1.165) is 73.2 Å². The summed E-state index contributed by atoms with van der Waals surface area (Å²) in [5.41, 5.74) is 20.8. The number of carboxylic acids is 1. The van der Waals surface area contributed by atoms with E-state index in [1.807, 2.05) is 23.0 Å². The third-order valence-electron chi connectivity index (χ3n) is 19.3. The van der Waals surface area contributed by atoms with Gasteiger partial charge in [-0.05, 0) is 149 Å². The van der Waals surface area contributed by atoms with E-state index in [4.69, 9.17) is 55.5 Å². The Morgan fingerprint density at radius 2 is 1.05 bits per heavy atom. The summed E-state index contributed by atoms with van der Waals surface area (Å²) >= 11 is 0. The molecule has 2 fully saturated rings. The zero-order valence-corrected chi connectivity index (χ0v) is 67.3. The van der Waals surface area contributed by atoms with Gasteiger partial charge in [0.2, 0.25) is 29.5 Å². The molecule has 4 aliphatic heterocycles. The van der Waals surface area contributed by atoms with Crippen molar-refractivity contribution in [2.24, 2.45) is 5.73 Å². The van der Waals surface area contributed by atoms with Crippen LogP contribution >= 0.6 is 0 Å². The monoisotopic (exact) mass is 1640 g/mol. The van der Waals surface area contributed by atoms with Crippen molar-refractivity contribution in [2.45, 2.75) is 193 Å². The zero-order chi connectivity index (χ0) is 85.5. The Morgan fingerprint density at radius 1 is 0.580 bits per heavy atom. The fourth-order valence-corrected chi connectivity index (χ4v) is 13.6. The van der Waals surface area contributed by atoms with Gasteiger partial charge in [0.1, 0.15) is 56.7 Å². The van der Waals surface area contributed by atoms with Crippen LogP contribution in [0.1, 0.15) is 209 Å². The van der Waals surface area contributed by atoms with Crippen LogP contribution in [0.5, 0.6) is 11.5 Å². The van der Waals surface area contributed by atoms with Crippen LogP contribution in [0.4, 0.5) is 17.3 Å². The highest BCUT2D eigenvalue weighted by molar-refractivity contribution is 6.26. The second-order valence-corrected chi connectivity index (χ2v) is 29.3. The predicted molar refractivity (Wildman–Crippen MR) is 429 cm³/mol. The fourth-order valence-electron chi connectivity index (χ4n) is 13.6. The number of carbonyl (C=O) groups excluding carboxylic acids is 9. The van der Waals surface area contributed by atoms with E-state index in [9.17, 15) is 58.2 Å². The lowest BCUT2D eigenvalue weighted by molar-refractivity contribution is -0.138. The van der Waals surface area contributed by atoms with Crippen molar-refractivity contribution in [3.8, 4) is 58.2 Å². The summed E-state index contributed by atoms with van der Waals surface area (Å²) in [4.78, 5) is 142. The molecule has 38 nitrogen and oxygen atoms in total. The van der Waals surface area contributed by atoms with Crippen molar-refractivity contribution < 1.29 is 91.5 Å². The molecule has 2 atom stereocenters. The molecule has 2 unspecified atom stereocenters. The molecule has 12 rings (SSSR count). The smallest absolute Gasteiger partial charge is 0.303 e. The van der Waals surface area contributed by atoms with Gasteiger partial charge in [-0.2, -0.15) is 0 Å².